The summed E-state index contributed by atoms with van der Waals surface area (Å²) < 4.78 is 13.7. The van der Waals surface area contributed by atoms with E-state index < -0.39 is 0 Å². The molecule has 0 spiro atoms. The molecular formula is C13H18FNS. The predicted octanol–water partition coefficient (Wildman–Crippen LogP) is 3.58. The third kappa shape index (κ3) is 3.22. The fourth-order valence-corrected chi connectivity index (χ4v) is 2.59. The summed E-state index contributed by atoms with van der Waals surface area (Å²) in [5.41, 5.74) is 0.827. The molecule has 0 bridgehead atoms. The van der Waals surface area contributed by atoms with Gasteiger partial charge in [-0.2, -0.15) is 0 Å². The maximum atomic E-state index is 13.7. The lowest BCUT2D eigenvalue weighted by Gasteiger charge is -2.12. The zero-order valence-corrected chi connectivity index (χ0v) is 10.6. The van der Waals surface area contributed by atoms with Crippen LogP contribution >= 0.6 is 11.8 Å². The number of rotatable bonds is 5. The average Bonchev–Trinajstić information content (AvgIpc) is 2.99. The molecule has 0 aromatic heterocycles. The van der Waals surface area contributed by atoms with E-state index in [9.17, 15) is 4.39 Å². The van der Waals surface area contributed by atoms with Gasteiger partial charge >= 0.3 is 0 Å². The molecule has 1 fully saturated rings. The fourth-order valence-electron chi connectivity index (χ4n) is 1.61. The first-order chi connectivity index (χ1) is 7.66. The summed E-state index contributed by atoms with van der Waals surface area (Å²) in [6, 6.07) is 5.98. The van der Waals surface area contributed by atoms with Gasteiger partial charge in [0.2, 0.25) is 0 Å². The second kappa shape index (κ2) is 5.19. The van der Waals surface area contributed by atoms with Crippen LogP contribution in [0.2, 0.25) is 0 Å². The molecule has 1 aromatic rings. The Morgan fingerprint density at radius 1 is 1.44 bits per heavy atom. The molecule has 0 heterocycles. The third-order valence-corrected chi connectivity index (χ3v) is 3.69. The van der Waals surface area contributed by atoms with Crippen LogP contribution in [0.3, 0.4) is 0 Å². The summed E-state index contributed by atoms with van der Waals surface area (Å²) in [5.74, 6) is -0.0844. The van der Waals surface area contributed by atoms with Crippen LogP contribution in [-0.4, -0.2) is 11.3 Å². The smallest absolute Gasteiger partial charge is 0.128 e. The van der Waals surface area contributed by atoms with Crippen molar-refractivity contribution in [1.29, 1.82) is 0 Å². The molecule has 1 aliphatic carbocycles. The minimum Gasteiger partial charge on any atom is -0.310 e. The highest BCUT2D eigenvalue weighted by Crippen LogP contribution is 2.29. The van der Waals surface area contributed by atoms with Crippen molar-refractivity contribution in [3.05, 3.63) is 29.6 Å². The van der Waals surface area contributed by atoms with Gasteiger partial charge in [0.15, 0.2) is 0 Å². The van der Waals surface area contributed by atoms with E-state index in [-0.39, 0.29) is 5.82 Å². The van der Waals surface area contributed by atoms with Crippen molar-refractivity contribution in [3.63, 3.8) is 0 Å². The lowest BCUT2D eigenvalue weighted by molar-refractivity contribution is 0.579. The molecule has 0 atom stereocenters. The molecule has 1 saturated carbocycles. The average molecular weight is 239 g/mol. The second-order valence-corrected chi connectivity index (χ2v) is 6.16. The second-order valence-electron chi connectivity index (χ2n) is 4.54. The molecule has 3 heteroatoms. The first-order valence-electron chi connectivity index (χ1n) is 5.84. The van der Waals surface area contributed by atoms with E-state index >= 15 is 0 Å². The van der Waals surface area contributed by atoms with E-state index in [0.29, 0.717) is 17.8 Å². The Morgan fingerprint density at radius 2 is 2.19 bits per heavy atom. The van der Waals surface area contributed by atoms with Crippen molar-refractivity contribution < 1.29 is 4.39 Å². The van der Waals surface area contributed by atoms with E-state index in [2.05, 4.69) is 19.2 Å². The molecule has 0 aliphatic heterocycles. The Morgan fingerprint density at radius 3 is 2.81 bits per heavy atom. The Labute approximate surface area is 101 Å². The third-order valence-electron chi connectivity index (χ3n) is 2.58. The van der Waals surface area contributed by atoms with E-state index in [1.54, 1.807) is 23.9 Å². The minimum atomic E-state index is -0.0844. The van der Waals surface area contributed by atoms with Gasteiger partial charge in [-0.1, -0.05) is 19.9 Å². The molecule has 0 amide bonds. The van der Waals surface area contributed by atoms with E-state index in [4.69, 9.17) is 0 Å². The zero-order valence-electron chi connectivity index (χ0n) is 9.79. The first-order valence-corrected chi connectivity index (χ1v) is 6.72. The molecule has 1 nitrogen and oxygen atoms in total. The van der Waals surface area contributed by atoms with Crippen LogP contribution in [0.15, 0.2) is 23.1 Å². The standard InChI is InChI=1S/C13H18FNS/c1-9(2)16-13-5-3-4-12(14)11(13)8-15-10-6-7-10/h3-5,9-10,15H,6-8H2,1-2H3. The number of hydrogen-bond donors (Lipinski definition) is 1. The van der Waals surface area contributed by atoms with E-state index in [1.807, 2.05) is 6.07 Å². The Bertz CT molecular complexity index is 361. The first kappa shape index (κ1) is 11.9. The van der Waals surface area contributed by atoms with Crippen molar-refractivity contribution >= 4 is 11.8 Å². The lowest BCUT2D eigenvalue weighted by Crippen LogP contribution is -2.17. The van der Waals surface area contributed by atoms with Gasteiger partial charge in [0.1, 0.15) is 5.82 Å². The van der Waals surface area contributed by atoms with Gasteiger partial charge in [-0.3, -0.25) is 0 Å². The summed E-state index contributed by atoms with van der Waals surface area (Å²) in [7, 11) is 0. The normalized spacial score (nSPS) is 15.8. The summed E-state index contributed by atoms with van der Waals surface area (Å²) in [4.78, 5) is 1.07. The Kier molecular flexibility index (Phi) is 3.87. The number of thioether (sulfide) groups is 1. The van der Waals surface area contributed by atoms with Gasteiger partial charge in [-0.05, 0) is 25.0 Å². The van der Waals surface area contributed by atoms with Gasteiger partial charge < -0.3 is 5.32 Å². The van der Waals surface area contributed by atoms with Crippen LogP contribution in [0.25, 0.3) is 0 Å². The Hall–Kier alpha value is -0.540. The van der Waals surface area contributed by atoms with Crippen LogP contribution < -0.4 is 5.32 Å². The van der Waals surface area contributed by atoms with Crippen LogP contribution in [-0.2, 0) is 6.54 Å². The molecular weight excluding hydrogens is 221 g/mol. The van der Waals surface area contributed by atoms with Gasteiger partial charge in [-0.15, -0.1) is 11.8 Å². The minimum absolute atomic E-state index is 0.0844. The van der Waals surface area contributed by atoms with Gasteiger partial charge in [0, 0.05) is 28.3 Å². The predicted molar refractivity (Wildman–Crippen MR) is 67.3 cm³/mol. The molecule has 16 heavy (non-hydrogen) atoms. The molecule has 1 N–H and O–H groups in total. The Balaban J connectivity index is 2.10. The van der Waals surface area contributed by atoms with E-state index in [0.717, 1.165) is 10.5 Å². The molecule has 88 valence electrons. The highest BCUT2D eigenvalue weighted by atomic mass is 32.2. The van der Waals surface area contributed by atoms with Crippen molar-refractivity contribution in [2.45, 2.75) is 49.4 Å². The van der Waals surface area contributed by atoms with Crippen molar-refractivity contribution in [1.82, 2.24) is 5.32 Å². The summed E-state index contributed by atoms with van der Waals surface area (Å²) in [6.07, 6.45) is 2.47. The molecule has 1 aliphatic rings. The number of nitrogens with one attached hydrogen (secondary N) is 1. The molecule has 1 aromatic carbocycles. The SMILES string of the molecule is CC(C)Sc1cccc(F)c1CNC1CC1. The summed E-state index contributed by atoms with van der Waals surface area (Å²) in [5, 5.41) is 3.86. The highest BCUT2D eigenvalue weighted by molar-refractivity contribution is 8.00. The molecule has 0 unspecified atom stereocenters. The molecule has 0 saturated heterocycles. The van der Waals surface area contributed by atoms with Gasteiger partial charge in [-0.25, -0.2) is 4.39 Å². The number of halogens is 1. The largest absolute Gasteiger partial charge is 0.310 e. The fraction of sp³-hybridized carbons (Fsp3) is 0.538. The maximum Gasteiger partial charge on any atom is 0.128 e. The molecule has 2 rings (SSSR count). The van der Waals surface area contributed by atoms with Crippen molar-refractivity contribution in [2.24, 2.45) is 0 Å². The van der Waals surface area contributed by atoms with Gasteiger partial charge in [0.25, 0.3) is 0 Å². The van der Waals surface area contributed by atoms with Crippen LogP contribution in [0.5, 0.6) is 0 Å². The van der Waals surface area contributed by atoms with Gasteiger partial charge in [0.05, 0.1) is 0 Å². The number of benzene rings is 1. The van der Waals surface area contributed by atoms with E-state index in [1.165, 1.54) is 12.8 Å². The monoisotopic (exact) mass is 239 g/mol. The highest BCUT2D eigenvalue weighted by Gasteiger charge is 2.21. The lowest BCUT2D eigenvalue weighted by atomic mass is 10.2. The molecule has 0 radical (unpaired) electrons. The summed E-state index contributed by atoms with van der Waals surface area (Å²) in [6.45, 7) is 4.92. The summed E-state index contributed by atoms with van der Waals surface area (Å²) >= 11 is 1.73. The topological polar surface area (TPSA) is 12.0 Å². The zero-order chi connectivity index (χ0) is 11.5. The van der Waals surface area contributed by atoms with Crippen LogP contribution in [0.1, 0.15) is 32.3 Å². The van der Waals surface area contributed by atoms with Crippen molar-refractivity contribution in [3.8, 4) is 0 Å². The number of hydrogen-bond acceptors (Lipinski definition) is 2. The van der Waals surface area contributed by atoms with Crippen LogP contribution in [0, 0.1) is 5.82 Å². The van der Waals surface area contributed by atoms with Crippen LogP contribution in [0.4, 0.5) is 4.39 Å². The quantitative estimate of drug-likeness (QED) is 0.788. The van der Waals surface area contributed by atoms with Crippen molar-refractivity contribution in [2.75, 3.05) is 0 Å². The maximum absolute atomic E-state index is 13.7.